The molecule has 0 fully saturated rings. The van der Waals surface area contributed by atoms with Gasteiger partial charge in [-0.3, -0.25) is 10.2 Å². The van der Waals surface area contributed by atoms with E-state index >= 15 is 0 Å². The minimum absolute atomic E-state index is 0.202. The second kappa shape index (κ2) is 9.11. The zero-order chi connectivity index (χ0) is 15.7. The molecule has 1 aromatic carbocycles. The van der Waals surface area contributed by atoms with Gasteiger partial charge in [0, 0.05) is 26.1 Å². The van der Waals surface area contributed by atoms with Gasteiger partial charge in [0.25, 0.3) is 0 Å². The molecule has 1 unspecified atom stereocenters. The number of rotatable bonds is 8. The SMILES string of the molecule is CC(C)CN(CCC#N)CC(C(=O)NN)c1ccccc1. The number of carbonyl (C=O) groups is 1. The topological polar surface area (TPSA) is 82.2 Å². The fraction of sp³-hybridized carbons (Fsp3) is 0.500. The monoisotopic (exact) mass is 288 g/mol. The summed E-state index contributed by atoms with van der Waals surface area (Å²) in [5.74, 6) is 5.26. The second-order valence-corrected chi connectivity index (χ2v) is 5.53. The summed E-state index contributed by atoms with van der Waals surface area (Å²) >= 11 is 0. The van der Waals surface area contributed by atoms with Crippen LogP contribution in [-0.4, -0.2) is 30.4 Å². The highest BCUT2D eigenvalue weighted by Crippen LogP contribution is 2.18. The van der Waals surface area contributed by atoms with Crippen molar-refractivity contribution < 1.29 is 4.79 Å². The first kappa shape index (κ1) is 17.2. The molecule has 1 atom stereocenters. The molecule has 21 heavy (non-hydrogen) atoms. The van der Waals surface area contributed by atoms with E-state index in [1.165, 1.54) is 0 Å². The molecule has 0 spiro atoms. The van der Waals surface area contributed by atoms with E-state index in [1.54, 1.807) is 0 Å². The summed E-state index contributed by atoms with van der Waals surface area (Å²) in [5, 5.41) is 8.78. The van der Waals surface area contributed by atoms with Gasteiger partial charge in [0.1, 0.15) is 0 Å². The molecule has 1 rings (SSSR count). The molecule has 0 aliphatic rings. The van der Waals surface area contributed by atoms with Gasteiger partial charge in [-0.05, 0) is 11.5 Å². The van der Waals surface area contributed by atoms with Crippen LogP contribution in [0, 0.1) is 17.2 Å². The largest absolute Gasteiger partial charge is 0.301 e. The van der Waals surface area contributed by atoms with E-state index in [4.69, 9.17) is 11.1 Å². The summed E-state index contributed by atoms with van der Waals surface area (Å²) in [4.78, 5) is 14.2. The van der Waals surface area contributed by atoms with Gasteiger partial charge in [-0.1, -0.05) is 44.2 Å². The lowest BCUT2D eigenvalue weighted by Crippen LogP contribution is -2.41. The number of amides is 1. The van der Waals surface area contributed by atoms with Crippen molar-refractivity contribution in [2.45, 2.75) is 26.2 Å². The third-order valence-corrected chi connectivity index (χ3v) is 3.26. The molecule has 3 N–H and O–H groups in total. The molecule has 1 amide bonds. The zero-order valence-corrected chi connectivity index (χ0v) is 12.7. The van der Waals surface area contributed by atoms with Gasteiger partial charge >= 0.3 is 0 Å². The van der Waals surface area contributed by atoms with Crippen LogP contribution >= 0.6 is 0 Å². The van der Waals surface area contributed by atoms with Crippen LogP contribution in [0.25, 0.3) is 0 Å². The normalized spacial score (nSPS) is 12.2. The average Bonchev–Trinajstić information content (AvgIpc) is 2.49. The first-order valence-electron chi connectivity index (χ1n) is 7.23. The minimum atomic E-state index is -0.325. The number of carbonyl (C=O) groups excluding carboxylic acids is 1. The highest BCUT2D eigenvalue weighted by Gasteiger charge is 2.23. The van der Waals surface area contributed by atoms with Crippen LogP contribution in [0.1, 0.15) is 31.7 Å². The van der Waals surface area contributed by atoms with Gasteiger partial charge in [0.2, 0.25) is 5.91 Å². The molecule has 1 aromatic rings. The number of hydrogen-bond donors (Lipinski definition) is 2. The summed E-state index contributed by atoms with van der Waals surface area (Å²) in [7, 11) is 0. The second-order valence-electron chi connectivity index (χ2n) is 5.53. The summed E-state index contributed by atoms with van der Waals surface area (Å²) in [6.07, 6.45) is 0.457. The number of nitrogens with one attached hydrogen (secondary N) is 1. The Bertz CT molecular complexity index is 467. The molecule has 0 heterocycles. The van der Waals surface area contributed by atoms with Crippen LogP contribution in [0.5, 0.6) is 0 Å². The Hall–Kier alpha value is -1.90. The molecule has 0 aliphatic carbocycles. The quantitative estimate of drug-likeness (QED) is 0.433. The van der Waals surface area contributed by atoms with Crippen molar-refractivity contribution >= 4 is 5.91 Å². The molecule has 0 radical (unpaired) electrons. The lowest BCUT2D eigenvalue weighted by molar-refractivity contribution is -0.123. The number of nitrogens with two attached hydrogens (primary N) is 1. The first-order chi connectivity index (χ1) is 10.1. The van der Waals surface area contributed by atoms with Gasteiger partial charge in [0.15, 0.2) is 0 Å². The molecular weight excluding hydrogens is 264 g/mol. The van der Waals surface area contributed by atoms with E-state index in [1.807, 2.05) is 30.3 Å². The molecule has 0 saturated heterocycles. The van der Waals surface area contributed by atoms with Crippen molar-refractivity contribution in [3.8, 4) is 6.07 Å². The molecule has 0 saturated carbocycles. The maximum absolute atomic E-state index is 12.1. The third-order valence-electron chi connectivity index (χ3n) is 3.26. The molecule has 5 nitrogen and oxygen atoms in total. The average molecular weight is 288 g/mol. The first-order valence-corrected chi connectivity index (χ1v) is 7.23. The maximum Gasteiger partial charge on any atom is 0.242 e. The Balaban J connectivity index is 2.86. The zero-order valence-electron chi connectivity index (χ0n) is 12.7. The Morgan fingerprint density at radius 1 is 1.33 bits per heavy atom. The van der Waals surface area contributed by atoms with Crippen LogP contribution in [0.3, 0.4) is 0 Å². The number of nitrogens with zero attached hydrogens (tertiary/aromatic N) is 2. The lowest BCUT2D eigenvalue weighted by atomic mass is 9.97. The number of benzene rings is 1. The smallest absolute Gasteiger partial charge is 0.242 e. The number of hydrogen-bond acceptors (Lipinski definition) is 4. The lowest BCUT2D eigenvalue weighted by Gasteiger charge is -2.27. The molecule has 0 bridgehead atoms. The van der Waals surface area contributed by atoms with Gasteiger partial charge < -0.3 is 4.90 Å². The maximum atomic E-state index is 12.1. The van der Waals surface area contributed by atoms with Crippen molar-refractivity contribution in [1.82, 2.24) is 10.3 Å². The van der Waals surface area contributed by atoms with Crippen molar-refractivity contribution in [3.05, 3.63) is 35.9 Å². The Labute approximate surface area is 126 Å². The fourth-order valence-electron chi connectivity index (χ4n) is 2.37. The van der Waals surface area contributed by atoms with Crippen molar-refractivity contribution in [3.63, 3.8) is 0 Å². The molecule has 114 valence electrons. The minimum Gasteiger partial charge on any atom is -0.301 e. The van der Waals surface area contributed by atoms with E-state index in [2.05, 4.69) is 30.2 Å². The predicted molar refractivity (Wildman–Crippen MR) is 83.0 cm³/mol. The van der Waals surface area contributed by atoms with E-state index in [-0.39, 0.29) is 11.8 Å². The third kappa shape index (κ3) is 5.94. The van der Waals surface area contributed by atoms with Gasteiger partial charge in [-0.25, -0.2) is 5.84 Å². The Morgan fingerprint density at radius 3 is 2.52 bits per heavy atom. The van der Waals surface area contributed by atoms with Crippen LogP contribution in [0.15, 0.2) is 30.3 Å². The standard InChI is InChI=1S/C16H24N4O/c1-13(2)11-20(10-6-9-17)12-15(16(21)19-18)14-7-4-3-5-8-14/h3-5,7-8,13,15H,6,10-12,18H2,1-2H3,(H,19,21). The molecule has 0 aromatic heterocycles. The van der Waals surface area contributed by atoms with Crippen molar-refractivity contribution in [2.24, 2.45) is 11.8 Å². The van der Waals surface area contributed by atoms with Crippen molar-refractivity contribution in [2.75, 3.05) is 19.6 Å². The van der Waals surface area contributed by atoms with Crippen LogP contribution in [0.2, 0.25) is 0 Å². The number of nitriles is 1. The van der Waals surface area contributed by atoms with Gasteiger partial charge in [-0.15, -0.1) is 0 Å². The van der Waals surface area contributed by atoms with E-state index in [0.717, 1.165) is 12.1 Å². The van der Waals surface area contributed by atoms with Crippen molar-refractivity contribution in [1.29, 1.82) is 5.26 Å². The number of hydrazine groups is 1. The van der Waals surface area contributed by atoms with Crippen LogP contribution in [-0.2, 0) is 4.79 Å². The van der Waals surface area contributed by atoms with E-state index in [9.17, 15) is 4.79 Å². The molecular formula is C16H24N4O. The Kier molecular flexibility index (Phi) is 7.44. The highest BCUT2D eigenvalue weighted by molar-refractivity contribution is 5.83. The summed E-state index contributed by atoms with van der Waals surface area (Å²) in [5.41, 5.74) is 3.18. The summed E-state index contributed by atoms with van der Waals surface area (Å²) in [6.45, 7) is 6.32. The van der Waals surface area contributed by atoms with E-state index < -0.39 is 0 Å². The molecule has 0 aliphatic heterocycles. The highest BCUT2D eigenvalue weighted by atomic mass is 16.2. The van der Waals surface area contributed by atoms with Crippen LogP contribution in [0.4, 0.5) is 0 Å². The van der Waals surface area contributed by atoms with E-state index in [0.29, 0.717) is 25.4 Å². The molecule has 5 heteroatoms. The summed E-state index contributed by atoms with van der Waals surface area (Å²) in [6, 6.07) is 11.8. The predicted octanol–water partition coefficient (Wildman–Crippen LogP) is 1.63. The fourth-order valence-corrected chi connectivity index (χ4v) is 2.37. The van der Waals surface area contributed by atoms with Crippen LogP contribution < -0.4 is 11.3 Å². The Morgan fingerprint density at radius 2 is 2.00 bits per heavy atom. The summed E-state index contributed by atoms with van der Waals surface area (Å²) < 4.78 is 0. The van der Waals surface area contributed by atoms with Gasteiger partial charge in [-0.2, -0.15) is 5.26 Å². The van der Waals surface area contributed by atoms with Gasteiger partial charge in [0.05, 0.1) is 12.0 Å².